The van der Waals surface area contributed by atoms with Crippen LogP contribution in [0.15, 0.2) is 36.4 Å². The van der Waals surface area contributed by atoms with Crippen molar-refractivity contribution in [2.45, 2.75) is 38.4 Å². The van der Waals surface area contributed by atoms with Crippen LogP contribution in [0, 0.1) is 0 Å². The number of aryl methyl sites for hydroxylation is 1. The summed E-state index contributed by atoms with van der Waals surface area (Å²) >= 11 is 0. The van der Waals surface area contributed by atoms with Crippen molar-refractivity contribution in [2.24, 2.45) is 0 Å². The number of hydrogen-bond donors (Lipinski definition) is 1. The second-order valence-corrected chi connectivity index (χ2v) is 6.03. The van der Waals surface area contributed by atoms with Crippen molar-refractivity contribution < 1.29 is 18.0 Å². The zero-order valence-electron chi connectivity index (χ0n) is 13.4. The van der Waals surface area contributed by atoms with Crippen LogP contribution in [0.5, 0.6) is 0 Å². The molecule has 6 heteroatoms. The second-order valence-electron chi connectivity index (χ2n) is 6.03. The van der Waals surface area contributed by atoms with Crippen molar-refractivity contribution in [1.29, 1.82) is 0 Å². The highest BCUT2D eigenvalue weighted by Crippen LogP contribution is 2.41. The molecule has 128 valence electrons. The monoisotopic (exact) mass is 336 g/mol. The minimum Gasteiger partial charge on any atom is -0.288 e. The van der Waals surface area contributed by atoms with E-state index >= 15 is 0 Å². The summed E-state index contributed by atoms with van der Waals surface area (Å²) in [6.07, 6.45) is -2.66. The van der Waals surface area contributed by atoms with E-state index in [0.29, 0.717) is 5.39 Å². The van der Waals surface area contributed by atoms with Gasteiger partial charge >= 0.3 is 6.18 Å². The number of halogens is 3. The lowest BCUT2D eigenvalue weighted by Crippen LogP contribution is -2.43. The van der Waals surface area contributed by atoms with Crippen molar-refractivity contribution in [2.75, 3.05) is 6.54 Å². The number of hydrazine groups is 1. The third kappa shape index (κ3) is 3.11. The van der Waals surface area contributed by atoms with Gasteiger partial charge in [0.05, 0.1) is 0 Å². The highest BCUT2D eigenvalue weighted by Gasteiger charge is 2.47. The molecular weight excluding hydrogens is 317 g/mol. The number of carbonyl (C=O) groups excluding carboxylic acids is 1. The van der Waals surface area contributed by atoms with Gasteiger partial charge in [0, 0.05) is 13.0 Å². The van der Waals surface area contributed by atoms with E-state index < -0.39 is 12.2 Å². The predicted octanol–water partition coefficient (Wildman–Crippen LogP) is 4.13. The molecule has 1 saturated heterocycles. The summed E-state index contributed by atoms with van der Waals surface area (Å²) in [5.41, 5.74) is 3.56. The maximum absolute atomic E-state index is 13.8. The van der Waals surface area contributed by atoms with Gasteiger partial charge in [0.25, 0.3) is 0 Å². The lowest BCUT2D eigenvalue weighted by atomic mass is 9.94. The molecule has 0 saturated carbocycles. The number of nitrogens with one attached hydrogen (secondary N) is 1. The van der Waals surface area contributed by atoms with Crippen LogP contribution in [0.4, 0.5) is 13.2 Å². The summed E-state index contributed by atoms with van der Waals surface area (Å²) in [4.78, 5) is 11.4. The number of hydrogen-bond acceptors (Lipinski definition) is 2. The first kappa shape index (κ1) is 16.8. The minimum absolute atomic E-state index is 0.0497. The number of rotatable bonds is 4. The number of carbonyl (C=O) groups is 1. The largest absolute Gasteiger partial charge is 0.409 e. The van der Waals surface area contributed by atoms with E-state index in [1.165, 1.54) is 6.07 Å². The Morgan fingerprint density at radius 1 is 1.17 bits per heavy atom. The minimum atomic E-state index is -4.48. The molecule has 0 bridgehead atoms. The molecule has 2 aromatic carbocycles. The fourth-order valence-electron chi connectivity index (χ4n) is 3.33. The van der Waals surface area contributed by atoms with Gasteiger partial charge in [-0.05, 0) is 28.3 Å². The molecule has 0 unspecified atom stereocenters. The molecule has 0 radical (unpaired) electrons. The van der Waals surface area contributed by atoms with Crippen LogP contribution in [-0.4, -0.2) is 23.6 Å². The lowest BCUT2D eigenvalue weighted by molar-refractivity contribution is -0.190. The highest BCUT2D eigenvalue weighted by atomic mass is 19.4. The molecule has 1 fully saturated rings. The Hall–Kier alpha value is -2.08. The summed E-state index contributed by atoms with van der Waals surface area (Å²) in [6.45, 7) is 2.09. The van der Waals surface area contributed by atoms with Gasteiger partial charge in [0.15, 0.2) is 6.04 Å². The normalized spacial score (nSPS) is 17.2. The van der Waals surface area contributed by atoms with Crippen LogP contribution in [0.3, 0.4) is 0 Å². The summed E-state index contributed by atoms with van der Waals surface area (Å²) in [6, 6.07) is 8.65. The van der Waals surface area contributed by atoms with E-state index in [4.69, 9.17) is 0 Å². The van der Waals surface area contributed by atoms with Crippen LogP contribution < -0.4 is 5.43 Å². The molecule has 1 N–H and O–H groups in total. The van der Waals surface area contributed by atoms with E-state index in [1.807, 2.05) is 19.1 Å². The predicted molar refractivity (Wildman–Crippen MR) is 86.2 cm³/mol. The van der Waals surface area contributed by atoms with Crippen molar-refractivity contribution >= 4 is 16.7 Å². The molecule has 0 aliphatic carbocycles. The Morgan fingerprint density at radius 2 is 1.88 bits per heavy atom. The van der Waals surface area contributed by atoms with Crippen molar-refractivity contribution in [3.63, 3.8) is 0 Å². The first-order chi connectivity index (χ1) is 11.4. The SMILES string of the molecule is CCCc1cccc2c([C@H](N3CCC(=O)N3)C(F)(F)F)cccc12. The maximum Gasteiger partial charge on any atom is 0.409 e. The van der Waals surface area contributed by atoms with Crippen LogP contribution in [0.1, 0.15) is 36.9 Å². The van der Waals surface area contributed by atoms with Gasteiger partial charge in [0.1, 0.15) is 0 Å². The van der Waals surface area contributed by atoms with Crippen LogP contribution >= 0.6 is 0 Å². The van der Waals surface area contributed by atoms with Gasteiger partial charge in [0.2, 0.25) is 5.91 Å². The van der Waals surface area contributed by atoms with Gasteiger partial charge in [-0.2, -0.15) is 13.2 Å². The third-order valence-electron chi connectivity index (χ3n) is 4.33. The average molecular weight is 336 g/mol. The number of fused-ring (bicyclic) bond motifs is 1. The summed E-state index contributed by atoms with van der Waals surface area (Å²) in [5, 5.41) is 2.44. The van der Waals surface area contributed by atoms with Crippen LogP contribution in [0.25, 0.3) is 10.8 Å². The smallest absolute Gasteiger partial charge is 0.288 e. The lowest BCUT2D eigenvalue weighted by Gasteiger charge is -2.30. The fourth-order valence-corrected chi connectivity index (χ4v) is 3.33. The van der Waals surface area contributed by atoms with Gasteiger partial charge in [-0.15, -0.1) is 0 Å². The van der Waals surface area contributed by atoms with E-state index in [9.17, 15) is 18.0 Å². The van der Waals surface area contributed by atoms with Gasteiger partial charge < -0.3 is 0 Å². The van der Waals surface area contributed by atoms with E-state index in [0.717, 1.165) is 28.8 Å². The molecule has 2 aromatic rings. The standard InChI is InChI=1S/C18H19F3N2O/c1-2-5-12-6-3-8-14-13(12)7-4-9-15(14)17(18(19,20)21)23-11-10-16(24)22-23/h3-4,6-9,17H,2,5,10-11H2,1H3,(H,22,24)/t17-/m0/s1. The van der Waals surface area contributed by atoms with Crippen molar-refractivity contribution in [1.82, 2.24) is 10.4 Å². The van der Waals surface area contributed by atoms with Crippen molar-refractivity contribution in [3.05, 3.63) is 47.5 Å². The van der Waals surface area contributed by atoms with E-state index in [1.54, 1.807) is 18.2 Å². The molecule has 0 spiro atoms. The molecule has 1 amide bonds. The highest BCUT2D eigenvalue weighted by molar-refractivity contribution is 5.89. The number of nitrogens with zero attached hydrogens (tertiary/aromatic N) is 1. The van der Waals surface area contributed by atoms with Crippen molar-refractivity contribution in [3.8, 4) is 0 Å². The van der Waals surface area contributed by atoms with Gasteiger partial charge in [-0.1, -0.05) is 49.7 Å². The molecular formula is C18H19F3N2O. The van der Waals surface area contributed by atoms with E-state index in [2.05, 4.69) is 5.43 Å². The Labute approximate surface area is 138 Å². The van der Waals surface area contributed by atoms with Crippen LogP contribution in [-0.2, 0) is 11.2 Å². The molecule has 0 aromatic heterocycles. The zero-order valence-corrected chi connectivity index (χ0v) is 13.4. The first-order valence-electron chi connectivity index (χ1n) is 8.05. The quantitative estimate of drug-likeness (QED) is 0.910. The maximum atomic E-state index is 13.8. The molecule has 3 rings (SSSR count). The molecule has 1 aliphatic rings. The van der Waals surface area contributed by atoms with E-state index in [-0.39, 0.29) is 24.4 Å². The van der Waals surface area contributed by atoms with Crippen LogP contribution in [0.2, 0.25) is 0 Å². The van der Waals surface area contributed by atoms with Gasteiger partial charge in [-0.25, -0.2) is 5.01 Å². The number of amides is 1. The fraction of sp³-hybridized carbons (Fsp3) is 0.389. The summed E-state index contributed by atoms with van der Waals surface area (Å²) in [5.74, 6) is -0.379. The molecule has 24 heavy (non-hydrogen) atoms. The molecule has 1 aliphatic heterocycles. The van der Waals surface area contributed by atoms with Gasteiger partial charge in [-0.3, -0.25) is 10.2 Å². The summed E-state index contributed by atoms with van der Waals surface area (Å²) < 4.78 is 41.3. The molecule has 3 nitrogen and oxygen atoms in total. The molecule has 1 heterocycles. The Kier molecular flexibility index (Phi) is 4.49. The molecule has 1 atom stereocenters. The Balaban J connectivity index is 2.14. The zero-order chi connectivity index (χ0) is 17.3. The first-order valence-corrected chi connectivity index (χ1v) is 8.05. The number of alkyl halides is 3. The number of benzene rings is 2. The Bertz CT molecular complexity index is 758. The second kappa shape index (κ2) is 6.43. The third-order valence-corrected chi connectivity index (χ3v) is 4.33. The Morgan fingerprint density at radius 3 is 2.50 bits per heavy atom. The average Bonchev–Trinajstić information content (AvgIpc) is 2.93. The topological polar surface area (TPSA) is 32.3 Å². The summed E-state index contributed by atoms with van der Waals surface area (Å²) in [7, 11) is 0.